The molecule has 2 saturated heterocycles. The van der Waals surface area contributed by atoms with Crippen LogP contribution in [0.4, 0.5) is 0 Å². The van der Waals surface area contributed by atoms with Gasteiger partial charge in [-0.1, -0.05) is 6.07 Å². The van der Waals surface area contributed by atoms with Gasteiger partial charge in [0, 0.05) is 24.1 Å². The second kappa shape index (κ2) is 6.08. The largest absolute Gasteiger partial charge is 0.498 e. The highest BCUT2D eigenvalue weighted by Crippen LogP contribution is 2.37. The number of benzene rings is 1. The highest BCUT2D eigenvalue weighted by molar-refractivity contribution is 6.63. The van der Waals surface area contributed by atoms with Crippen LogP contribution in [0.2, 0.25) is 0 Å². The molecule has 130 valence electrons. The molecule has 0 unspecified atom stereocenters. The van der Waals surface area contributed by atoms with Crippen LogP contribution in [-0.4, -0.2) is 49.3 Å². The van der Waals surface area contributed by atoms with Crippen molar-refractivity contribution in [3.05, 3.63) is 23.8 Å². The van der Waals surface area contributed by atoms with Crippen LogP contribution in [0.15, 0.2) is 18.2 Å². The van der Waals surface area contributed by atoms with E-state index in [2.05, 4.69) is 0 Å². The fourth-order valence-electron chi connectivity index (χ4n) is 3.11. The molecule has 24 heavy (non-hydrogen) atoms. The van der Waals surface area contributed by atoms with Gasteiger partial charge in [-0.25, -0.2) is 0 Å². The molecule has 5 nitrogen and oxygen atoms in total. The van der Waals surface area contributed by atoms with E-state index in [0.29, 0.717) is 11.3 Å². The van der Waals surface area contributed by atoms with Gasteiger partial charge in [-0.05, 0) is 52.7 Å². The van der Waals surface area contributed by atoms with E-state index in [1.807, 2.05) is 44.7 Å². The number of carbonyl (C=O) groups excluding carboxylic acids is 1. The second-order valence-corrected chi connectivity index (χ2v) is 7.54. The lowest BCUT2D eigenvalue weighted by Crippen LogP contribution is -2.41. The van der Waals surface area contributed by atoms with Gasteiger partial charge >= 0.3 is 7.12 Å². The van der Waals surface area contributed by atoms with Crippen LogP contribution in [0, 0.1) is 0 Å². The van der Waals surface area contributed by atoms with Gasteiger partial charge < -0.3 is 18.9 Å². The van der Waals surface area contributed by atoms with Crippen molar-refractivity contribution < 1.29 is 18.8 Å². The van der Waals surface area contributed by atoms with E-state index in [4.69, 9.17) is 14.0 Å². The lowest BCUT2D eigenvalue weighted by atomic mass is 9.78. The minimum atomic E-state index is -0.499. The molecule has 0 aromatic heterocycles. The van der Waals surface area contributed by atoms with Gasteiger partial charge in [0.15, 0.2) is 0 Å². The molecule has 3 rings (SSSR count). The topological polar surface area (TPSA) is 48.0 Å². The van der Waals surface area contributed by atoms with Crippen molar-refractivity contribution in [3.8, 4) is 5.75 Å². The minimum Gasteiger partial charge on any atom is -0.497 e. The maximum absolute atomic E-state index is 12.6. The molecular weight excluding hydrogens is 305 g/mol. The fourth-order valence-corrected chi connectivity index (χ4v) is 3.11. The Morgan fingerprint density at radius 3 is 2.25 bits per heavy atom. The SMILES string of the molecule is COc1cc(C(=O)N2CCCC2)ccc1B1OC(C)(C)C(C)(C)O1. The molecule has 1 amide bonds. The van der Waals surface area contributed by atoms with Crippen molar-refractivity contribution in [1.29, 1.82) is 0 Å². The Balaban J connectivity index is 1.87. The fraction of sp³-hybridized carbons (Fsp3) is 0.611. The van der Waals surface area contributed by atoms with E-state index in [-0.39, 0.29) is 5.91 Å². The average molecular weight is 331 g/mol. The predicted octanol–water partition coefficient (Wildman–Crippen LogP) is 2.23. The minimum absolute atomic E-state index is 0.0614. The van der Waals surface area contributed by atoms with Gasteiger partial charge in [0.1, 0.15) is 5.75 Å². The molecule has 0 bridgehead atoms. The molecule has 0 N–H and O–H groups in total. The third-order valence-electron chi connectivity index (χ3n) is 5.38. The van der Waals surface area contributed by atoms with Crippen molar-refractivity contribution in [2.45, 2.75) is 51.7 Å². The van der Waals surface area contributed by atoms with Crippen molar-refractivity contribution in [3.63, 3.8) is 0 Å². The molecule has 2 fully saturated rings. The normalized spacial score (nSPS) is 22.0. The zero-order chi connectivity index (χ0) is 17.5. The maximum Gasteiger partial charge on any atom is 0.498 e. The summed E-state index contributed by atoms with van der Waals surface area (Å²) in [6, 6.07) is 5.51. The zero-order valence-electron chi connectivity index (χ0n) is 15.2. The summed E-state index contributed by atoms with van der Waals surface area (Å²) in [7, 11) is 1.11. The van der Waals surface area contributed by atoms with Gasteiger partial charge in [0.2, 0.25) is 0 Å². The number of likely N-dealkylation sites (tertiary alicyclic amines) is 1. The summed E-state index contributed by atoms with van der Waals surface area (Å²) < 4.78 is 17.7. The van der Waals surface area contributed by atoms with Gasteiger partial charge in [-0.15, -0.1) is 0 Å². The highest BCUT2D eigenvalue weighted by atomic mass is 16.7. The van der Waals surface area contributed by atoms with E-state index in [9.17, 15) is 4.79 Å². The summed E-state index contributed by atoms with van der Waals surface area (Å²) >= 11 is 0. The predicted molar refractivity (Wildman–Crippen MR) is 93.8 cm³/mol. The van der Waals surface area contributed by atoms with Gasteiger partial charge in [-0.3, -0.25) is 4.79 Å². The molecule has 6 heteroatoms. The molecule has 2 aliphatic heterocycles. The molecule has 2 aliphatic rings. The monoisotopic (exact) mass is 331 g/mol. The Kier molecular flexibility index (Phi) is 4.38. The molecule has 1 aromatic carbocycles. The highest BCUT2D eigenvalue weighted by Gasteiger charge is 2.52. The Hall–Kier alpha value is -1.53. The molecule has 2 heterocycles. The van der Waals surface area contributed by atoms with Crippen LogP contribution in [0.3, 0.4) is 0 Å². The average Bonchev–Trinajstić information content (AvgIpc) is 3.13. The van der Waals surface area contributed by atoms with E-state index >= 15 is 0 Å². The van der Waals surface area contributed by atoms with E-state index < -0.39 is 18.3 Å². The van der Waals surface area contributed by atoms with Crippen molar-refractivity contribution >= 4 is 18.5 Å². The second-order valence-electron chi connectivity index (χ2n) is 7.54. The lowest BCUT2D eigenvalue weighted by Gasteiger charge is -2.32. The van der Waals surface area contributed by atoms with E-state index in [1.54, 1.807) is 13.2 Å². The number of rotatable bonds is 3. The van der Waals surface area contributed by atoms with Crippen molar-refractivity contribution in [2.24, 2.45) is 0 Å². The van der Waals surface area contributed by atoms with Gasteiger partial charge in [0.25, 0.3) is 5.91 Å². The quantitative estimate of drug-likeness (QED) is 0.797. The number of ether oxygens (including phenoxy) is 1. The Morgan fingerprint density at radius 1 is 1.12 bits per heavy atom. The number of methoxy groups -OCH3 is 1. The van der Waals surface area contributed by atoms with Gasteiger partial charge in [-0.2, -0.15) is 0 Å². The molecule has 0 spiro atoms. The molecule has 0 saturated carbocycles. The first-order chi connectivity index (χ1) is 11.2. The van der Waals surface area contributed by atoms with Crippen LogP contribution < -0.4 is 10.2 Å². The Morgan fingerprint density at radius 2 is 1.71 bits per heavy atom. The third kappa shape index (κ3) is 2.93. The summed E-state index contributed by atoms with van der Waals surface area (Å²) in [5, 5.41) is 0. The Labute approximate surface area is 144 Å². The smallest absolute Gasteiger partial charge is 0.497 e. The summed E-state index contributed by atoms with van der Waals surface area (Å²) in [4.78, 5) is 14.5. The standard InChI is InChI=1S/C18H26BNO4/c1-17(2)18(3,4)24-19(23-17)14-9-8-13(12-15(14)22-5)16(21)20-10-6-7-11-20/h8-9,12H,6-7,10-11H2,1-5H3. The number of hydrogen-bond acceptors (Lipinski definition) is 4. The first kappa shape index (κ1) is 17.3. The molecule has 0 radical (unpaired) electrons. The molecule has 0 aliphatic carbocycles. The third-order valence-corrected chi connectivity index (χ3v) is 5.38. The van der Waals surface area contributed by atoms with Crippen LogP contribution in [0.25, 0.3) is 0 Å². The summed E-state index contributed by atoms with van der Waals surface area (Å²) in [6.45, 7) is 9.74. The summed E-state index contributed by atoms with van der Waals surface area (Å²) in [5.41, 5.74) is 0.641. The van der Waals surface area contributed by atoms with E-state index in [1.165, 1.54) is 0 Å². The maximum atomic E-state index is 12.6. The van der Waals surface area contributed by atoms with Gasteiger partial charge in [0.05, 0.1) is 18.3 Å². The van der Waals surface area contributed by atoms with Crippen molar-refractivity contribution in [1.82, 2.24) is 4.90 Å². The number of amides is 1. The molecule has 1 aromatic rings. The summed E-state index contributed by atoms with van der Waals surface area (Å²) in [5.74, 6) is 0.685. The van der Waals surface area contributed by atoms with Crippen LogP contribution >= 0.6 is 0 Å². The first-order valence-corrected chi connectivity index (χ1v) is 8.58. The van der Waals surface area contributed by atoms with Crippen LogP contribution in [-0.2, 0) is 9.31 Å². The molecular formula is C18H26BNO4. The number of hydrogen-bond donors (Lipinski definition) is 0. The van der Waals surface area contributed by atoms with E-state index in [0.717, 1.165) is 31.4 Å². The van der Waals surface area contributed by atoms with Crippen LogP contribution in [0.1, 0.15) is 50.9 Å². The zero-order valence-corrected chi connectivity index (χ0v) is 15.2. The van der Waals surface area contributed by atoms with Crippen molar-refractivity contribution in [2.75, 3.05) is 20.2 Å². The lowest BCUT2D eigenvalue weighted by molar-refractivity contribution is 0.00578. The summed E-state index contributed by atoms with van der Waals surface area (Å²) in [6.07, 6.45) is 2.16. The van der Waals surface area contributed by atoms with Crippen LogP contribution in [0.5, 0.6) is 5.75 Å². The number of nitrogens with zero attached hydrogens (tertiary/aromatic N) is 1. The number of carbonyl (C=O) groups is 1. The molecule has 0 atom stereocenters. The first-order valence-electron chi connectivity index (χ1n) is 8.58. The Bertz CT molecular complexity index is 622.